The number of nitrogens with one attached hydrogen (secondary N) is 8. The molecule has 0 saturated carbocycles. The van der Waals surface area contributed by atoms with Crippen LogP contribution in [0, 0.1) is 5.92 Å². The number of piperidine rings is 1. The highest BCUT2D eigenvalue weighted by Gasteiger charge is 2.45. The van der Waals surface area contributed by atoms with E-state index in [1.807, 2.05) is 54.6 Å². The second kappa shape index (κ2) is 27.1. The predicted molar refractivity (Wildman–Crippen MR) is 301 cm³/mol. The lowest BCUT2D eigenvalue weighted by atomic mass is 9.90. The molecule has 80 heavy (non-hydrogen) atoms. The number of aromatic nitrogens is 1. The highest BCUT2D eigenvalue weighted by atomic mass is 35.5. The summed E-state index contributed by atoms with van der Waals surface area (Å²) in [7, 11) is 0. The number of hydrogen-bond acceptors (Lipinski definition) is 11. The molecule has 10 N–H and O–H groups in total. The summed E-state index contributed by atoms with van der Waals surface area (Å²) in [6.45, 7) is 1.67. The molecular formula is C60H67ClN10O9. The van der Waals surface area contributed by atoms with Crippen LogP contribution in [-0.2, 0) is 59.4 Å². The van der Waals surface area contributed by atoms with Gasteiger partial charge < -0.3 is 62.3 Å². The summed E-state index contributed by atoms with van der Waals surface area (Å²) in [5.74, 6) is -3.74. The first kappa shape index (κ1) is 56.5. The molecule has 3 saturated heterocycles. The standard InChI is InChI=1S/C60H67ClN10O9/c61-43-15-9-12-40(28-43)31-51-59(77)71-35-45(80-60(78)64-27-24-62)33-52(71)57(75)70-53(41-13-5-2-6-14-41)58(76)68-50(32-42-34-65-47-17-8-7-16-46(42)47)56(74)67-49(30-38-22-25-63-26-23-38)54(72)66-48(55(73)69-51)29-37-18-20-44(21-19-37)79-36-39-10-3-1-4-11-39/h1-21,28,34,38,45,48-53,63,65H,22-27,29-33,35-36,62H2,(H,64,78)(H,66,72)(H,67,74)(H,68,76)(H,69,73)(H,70,75)/t45-,48+,49+,50-,51+,52+,53+/m1/s1. The predicted octanol–water partition coefficient (Wildman–Crippen LogP) is 4.28. The molecule has 0 aliphatic carbocycles. The molecule has 3 aliphatic heterocycles. The summed E-state index contributed by atoms with van der Waals surface area (Å²) in [6.07, 6.45) is 1.14. The molecule has 0 bridgehead atoms. The molecular weight excluding hydrogens is 1040 g/mol. The SMILES string of the molecule is NCCNC(=O)O[C@@H]1C[C@H]2C(=O)N[C@@H](c3ccccc3)C(=O)N[C@H](Cc3c[nH]c4ccccc34)C(=O)N[C@@H](CC3CCNCC3)C(=O)N[C@@H](Cc3ccc(OCc4ccccc4)cc3)C(=O)N[C@@H](Cc3cccc(Cl)c3)C(=O)N2C1. The molecule has 0 radical (unpaired) electrons. The number of para-hydroxylation sites is 1. The first-order valence-electron chi connectivity index (χ1n) is 27.1. The largest absolute Gasteiger partial charge is 0.489 e. The quantitative estimate of drug-likeness (QED) is 0.0701. The van der Waals surface area contributed by atoms with Crippen LogP contribution < -0.4 is 47.7 Å². The average molecular weight is 1110 g/mol. The van der Waals surface area contributed by atoms with Gasteiger partial charge in [-0.3, -0.25) is 28.8 Å². The van der Waals surface area contributed by atoms with Gasteiger partial charge in [0.25, 0.3) is 0 Å². The molecule has 3 aliphatic rings. The van der Waals surface area contributed by atoms with E-state index in [1.54, 1.807) is 85.1 Å². The van der Waals surface area contributed by atoms with E-state index in [2.05, 4.69) is 42.2 Å². The molecule has 4 heterocycles. The topological polar surface area (TPSA) is 267 Å². The van der Waals surface area contributed by atoms with Gasteiger partial charge in [-0.2, -0.15) is 0 Å². The summed E-state index contributed by atoms with van der Waals surface area (Å²) in [5.41, 5.74) is 9.67. The molecule has 1 aromatic heterocycles. The van der Waals surface area contributed by atoms with Crippen LogP contribution in [0.25, 0.3) is 10.9 Å². The van der Waals surface area contributed by atoms with E-state index < -0.39 is 83.9 Å². The monoisotopic (exact) mass is 1110 g/mol. The Hall–Kier alpha value is -8.26. The Bertz CT molecular complexity index is 3120. The van der Waals surface area contributed by atoms with Crippen LogP contribution in [0.3, 0.4) is 0 Å². The average Bonchev–Trinajstić information content (AvgIpc) is 4.13. The van der Waals surface area contributed by atoms with Crippen molar-refractivity contribution in [3.63, 3.8) is 0 Å². The second-order valence-corrected chi connectivity index (χ2v) is 21.0. The van der Waals surface area contributed by atoms with Gasteiger partial charge in [-0.1, -0.05) is 115 Å². The van der Waals surface area contributed by atoms with Crippen molar-refractivity contribution in [2.24, 2.45) is 11.7 Å². The number of alkyl carbamates (subject to hydrolysis) is 1. The number of nitrogens with two attached hydrogens (primary N) is 1. The van der Waals surface area contributed by atoms with Crippen molar-refractivity contribution in [1.82, 2.24) is 47.1 Å². The van der Waals surface area contributed by atoms with Gasteiger partial charge in [-0.05, 0) is 96.4 Å². The number of ether oxygens (including phenoxy) is 2. The number of H-pyrrole nitrogens is 1. The summed E-state index contributed by atoms with van der Waals surface area (Å²) in [4.78, 5) is 109. The van der Waals surface area contributed by atoms with Crippen molar-refractivity contribution in [2.45, 2.75) is 93.9 Å². The van der Waals surface area contributed by atoms with Gasteiger partial charge in [0.15, 0.2) is 0 Å². The van der Waals surface area contributed by atoms with E-state index in [0.29, 0.717) is 65.6 Å². The molecule has 19 nitrogen and oxygen atoms in total. The maximum absolute atomic E-state index is 15.4. The lowest BCUT2D eigenvalue weighted by Crippen LogP contribution is -2.61. The van der Waals surface area contributed by atoms with E-state index in [0.717, 1.165) is 16.5 Å². The van der Waals surface area contributed by atoms with Crippen molar-refractivity contribution in [3.8, 4) is 5.75 Å². The number of fused-ring (bicyclic) bond motifs is 2. The van der Waals surface area contributed by atoms with Crippen LogP contribution in [0.5, 0.6) is 5.75 Å². The van der Waals surface area contributed by atoms with Crippen molar-refractivity contribution in [1.29, 1.82) is 0 Å². The first-order chi connectivity index (χ1) is 38.9. The molecule has 7 amide bonds. The van der Waals surface area contributed by atoms with Crippen LogP contribution >= 0.6 is 11.6 Å². The molecule has 418 valence electrons. The Kier molecular flexibility index (Phi) is 19.1. The molecule has 9 rings (SSSR count). The fourth-order valence-electron chi connectivity index (χ4n) is 10.6. The number of amides is 7. The van der Waals surface area contributed by atoms with Crippen molar-refractivity contribution in [3.05, 3.63) is 172 Å². The van der Waals surface area contributed by atoms with Gasteiger partial charge in [0, 0.05) is 60.9 Å². The Morgan fingerprint density at radius 3 is 2.02 bits per heavy atom. The van der Waals surface area contributed by atoms with E-state index in [9.17, 15) is 4.79 Å². The maximum Gasteiger partial charge on any atom is 0.407 e. The second-order valence-electron chi connectivity index (χ2n) is 20.5. The Morgan fingerprint density at radius 2 is 1.29 bits per heavy atom. The van der Waals surface area contributed by atoms with Crippen LogP contribution in [0.4, 0.5) is 4.79 Å². The maximum atomic E-state index is 15.4. The Morgan fingerprint density at radius 1 is 0.650 bits per heavy atom. The van der Waals surface area contributed by atoms with Crippen molar-refractivity contribution in [2.75, 3.05) is 32.7 Å². The zero-order valence-electron chi connectivity index (χ0n) is 44.2. The minimum Gasteiger partial charge on any atom is -0.489 e. The van der Waals surface area contributed by atoms with Gasteiger partial charge in [0.2, 0.25) is 35.4 Å². The lowest BCUT2D eigenvalue weighted by molar-refractivity contribution is -0.143. The Balaban J connectivity index is 1.12. The minimum atomic E-state index is -1.42. The van der Waals surface area contributed by atoms with Crippen LogP contribution in [0.2, 0.25) is 5.02 Å². The van der Waals surface area contributed by atoms with Crippen molar-refractivity contribution >= 4 is 64.0 Å². The molecule has 5 aromatic carbocycles. The summed E-state index contributed by atoms with van der Waals surface area (Å²) < 4.78 is 11.8. The third-order valence-electron chi connectivity index (χ3n) is 14.8. The number of carbonyl (C=O) groups excluding carboxylic acids is 7. The third-order valence-corrected chi connectivity index (χ3v) is 15.0. The van der Waals surface area contributed by atoms with Crippen molar-refractivity contribution < 1.29 is 43.0 Å². The minimum absolute atomic E-state index is 0.00663. The molecule has 0 spiro atoms. The van der Waals surface area contributed by atoms with E-state index in [4.69, 9.17) is 26.8 Å². The molecule has 0 unspecified atom stereocenters. The molecule has 6 aromatic rings. The summed E-state index contributed by atoms with van der Waals surface area (Å²) >= 11 is 6.48. The number of halogens is 1. The van der Waals surface area contributed by atoms with Crippen LogP contribution in [-0.4, -0.2) is 120 Å². The number of benzene rings is 5. The summed E-state index contributed by atoms with van der Waals surface area (Å²) in [5, 5.41) is 21.8. The Labute approximate surface area is 468 Å². The number of carbonyl (C=O) groups is 7. The van der Waals surface area contributed by atoms with Gasteiger partial charge in [0.1, 0.15) is 54.7 Å². The number of hydrogen-bond donors (Lipinski definition) is 9. The normalized spacial score (nSPS) is 22.6. The summed E-state index contributed by atoms with van der Waals surface area (Å²) in [6, 6.07) is 31.5. The van der Waals surface area contributed by atoms with Gasteiger partial charge in [-0.25, -0.2) is 4.79 Å². The fourth-order valence-corrected chi connectivity index (χ4v) is 10.8. The zero-order chi connectivity index (χ0) is 56.0. The van der Waals surface area contributed by atoms with E-state index in [1.165, 1.54) is 4.90 Å². The zero-order valence-corrected chi connectivity index (χ0v) is 44.9. The highest BCUT2D eigenvalue weighted by Crippen LogP contribution is 2.27. The molecule has 3 fully saturated rings. The van der Waals surface area contributed by atoms with Crippen LogP contribution in [0.15, 0.2) is 140 Å². The van der Waals surface area contributed by atoms with Gasteiger partial charge >= 0.3 is 6.09 Å². The fraction of sp³-hybridized carbons (Fsp3) is 0.350. The molecule has 20 heteroatoms. The van der Waals surface area contributed by atoms with E-state index >= 15 is 28.8 Å². The first-order valence-corrected chi connectivity index (χ1v) is 27.5. The highest BCUT2D eigenvalue weighted by molar-refractivity contribution is 6.30. The third kappa shape index (κ3) is 14.9. The number of nitrogens with zero attached hydrogens (tertiary/aromatic N) is 1. The van der Waals surface area contributed by atoms with E-state index in [-0.39, 0.29) is 57.7 Å². The van der Waals surface area contributed by atoms with Crippen LogP contribution in [0.1, 0.15) is 59.5 Å². The lowest BCUT2D eigenvalue weighted by Gasteiger charge is -2.32. The number of rotatable bonds is 15. The smallest absolute Gasteiger partial charge is 0.407 e. The molecule has 7 atom stereocenters. The number of aromatic amines is 1. The van der Waals surface area contributed by atoms with Gasteiger partial charge in [-0.15, -0.1) is 0 Å². The van der Waals surface area contributed by atoms with Gasteiger partial charge in [0.05, 0.1) is 6.54 Å².